The molecule has 12 heavy (non-hydrogen) atoms. The lowest BCUT2D eigenvalue weighted by atomic mass is 10.0. The molecule has 1 aromatic heterocycles. The number of nitrogens with one attached hydrogen (secondary N) is 1. The molecule has 68 valence electrons. The first-order valence-electron chi connectivity index (χ1n) is 3.69. The largest absolute Gasteiger partial charge is 0.396 e. The summed E-state index contributed by atoms with van der Waals surface area (Å²) in [6.07, 6.45) is 0.616. The number of tetrazole rings is 1. The quantitative estimate of drug-likeness (QED) is 0.676. The van der Waals surface area contributed by atoms with Crippen LogP contribution in [0.25, 0.3) is 0 Å². The summed E-state index contributed by atoms with van der Waals surface area (Å²) >= 11 is 4.92. The Labute approximate surface area is 75.4 Å². The summed E-state index contributed by atoms with van der Waals surface area (Å²) in [6, 6.07) is 0. The minimum atomic E-state index is -0.255. The fraction of sp³-hybridized carbons (Fsp3) is 0.833. The summed E-state index contributed by atoms with van der Waals surface area (Å²) in [5, 5.41) is 18.7. The highest BCUT2D eigenvalue weighted by Gasteiger charge is 2.20. The summed E-state index contributed by atoms with van der Waals surface area (Å²) in [5.41, 5.74) is -0.255. The predicted octanol–water partition coefficient (Wildman–Crippen LogP) is 0.453. The van der Waals surface area contributed by atoms with Gasteiger partial charge in [0.15, 0.2) is 0 Å². The second-order valence-electron chi connectivity index (χ2n) is 3.20. The van der Waals surface area contributed by atoms with E-state index in [1.165, 1.54) is 0 Å². The minimum Gasteiger partial charge on any atom is -0.396 e. The van der Waals surface area contributed by atoms with Crippen LogP contribution in [0.15, 0.2) is 0 Å². The lowest BCUT2D eigenvalue weighted by Crippen LogP contribution is -2.28. The van der Waals surface area contributed by atoms with Gasteiger partial charge in [-0.3, -0.25) is 0 Å². The molecule has 0 aliphatic carbocycles. The van der Waals surface area contributed by atoms with Gasteiger partial charge in [0.1, 0.15) is 0 Å². The summed E-state index contributed by atoms with van der Waals surface area (Å²) in [6.45, 7) is 4.03. The van der Waals surface area contributed by atoms with Crippen molar-refractivity contribution in [2.24, 2.45) is 0 Å². The molecule has 0 aromatic carbocycles. The van der Waals surface area contributed by atoms with E-state index in [-0.39, 0.29) is 12.1 Å². The van der Waals surface area contributed by atoms with Gasteiger partial charge in [0.25, 0.3) is 0 Å². The molecule has 0 aliphatic heterocycles. The Hall–Kier alpha value is -0.750. The molecule has 1 aromatic rings. The number of aromatic nitrogens is 4. The molecule has 0 unspecified atom stereocenters. The number of hydrogen-bond acceptors (Lipinski definition) is 4. The van der Waals surface area contributed by atoms with Crippen LogP contribution in [0.3, 0.4) is 0 Å². The van der Waals surface area contributed by atoms with Crippen molar-refractivity contribution in [3.63, 3.8) is 0 Å². The lowest BCUT2D eigenvalue weighted by Gasteiger charge is -2.23. The number of rotatable bonds is 3. The van der Waals surface area contributed by atoms with Crippen molar-refractivity contribution in [1.82, 2.24) is 20.2 Å². The molecule has 6 heteroatoms. The van der Waals surface area contributed by atoms with E-state index in [1.54, 1.807) is 4.68 Å². The van der Waals surface area contributed by atoms with Gasteiger partial charge < -0.3 is 5.11 Å². The summed E-state index contributed by atoms with van der Waals surface area (Å²) in [4.78, 5) is 0. The number of aromatic amines is 1. The number of aliphatic hydroxyl groups is 1. The van der Waals surface area contributed by atoms with Crippen LogP contribution in [0.2, 0.25) is 0 Å². The van der Waals surface area contributed by atoms with E-state index in [9.17, 15) is 0 Å². The maximum Gasteiger partial charge on any atom is 0.238 e. The molecule has 0 radical (unpaired) electrons. The first-order valence-corrected chi connectivity index (χ1v) is 4.10. The molecule has 1 rings (SSSR count). The fourth-order valence-corrected chi connectivity index (χ4v) is 1.31. The van der Waals surface area contributed by atoms with Gasteiger partial charge >= 0.3 is 0 Å². The highest BCUT2D eigenvalue weighted by Crippen LogP contribution is 2.16. The summed E-state index contributed by atoms with van der Waals surface area (Å²) in [5.74, 6) is 0. The zero-order chi connectivity index (χ0) is 9.19. The van der Waals surface area contributed by atoms with Gasteiger partial charge in [-0.25, -0.2) is 4.68 Å². The summed E-state index contributed by atoms with van der Waals surface area (Å²) in [7, 11) is 0. The highest BCUT2D eigenvalue weighted by atomic mass is 32.1. The van der Waals surface area contributed by atoms with E-state index in [2.05, 4.69) is 15.5 Å². The molecule has 1 heterocycles. The number of hydrogen-bond donors (Lipinski definition) is 2. The second-order valence-corrected chi connectivity index (χ2v) is 3.57. The maximum atomic E-state index is 8.79. The first-order chi connectivity index (χ1) is 5.58. The second kappa shape index (κ2) is 3.32. The van der Waals surface area contributed by atoms with Crippen molar-refractivity contribution < 1.29 is 5.11 Å². The molecule has 0 bridgehead atoms. The third-order valence-corrected chi connectivity index (χ3v) is 2.06. The topological polar surface area (TPSA) is 66.7 Å². The number of nitrogens with zero attached hydrogens (tertiary/aromatic N) is 3. The van der Waals surface area contributed by atoms with E-state index >= 15 is 0 Å². The van der Waals surface area contributed by atoms with Crippen molar-refractivity contribution in [2.75, 3.05) is 6.61 Å². The number of H-pyrrole nitrogens is 1. The van der Waals surface area contributed by atoms with Gasteiger partial charge in [0, 0.05) is 6.61 Å². The van der Waals surface area contributed by atoms with Crippen molar-refractivity contribution in [3.8, 4) is 0 Å². The van der Waals surface area contributed by atoms with Gasteiger partial charge in [-0.1, -0.05) is 10.3 Å². The predicted molar refractivity (Wildman–Crippen MR) is 46.2 cm³/mol. The fourth-order valence-electron chi connectivity index (χ4n) is 0.977. The van der Waals surface area contributed by atoms with Gasteiger partial charge in [-0.2, -0.15) is 5.21 Å². The van der Waals surface area contributed by atoms with Crippen LogP contribution in [-0.2, 0) is 5.54 Å². The van der Waals surface area contributed by atoms with Crippen LogP contribution in [0.5, 0.6) is 0 Å². The molecule has 0 atom stereocenters. The Morgan fingerprint density at radius 2 is 2.33 bits per heavy atom. The van der Waals surface area contributed by atoms with Crippen molar-refractivity contribution in [2.45, 2.75) is 25.8 Å². The van der Waals surface area contributed by atoms with Crippen LogP contribution >= 0.6 is 12.2 Å². The third-order valence-electron chi connectivity index (χ3n) is 1.80. The highest BCUT2D eigenvalue weighted by molar-refractivity contribution is 7.71. The number of aliphatic hydroxyl groups excluding tert-OH is 1. The first kappa shape index (κ1) is 9.34. The zero-order valence-electron chi connectivity index (χ0n) is 7.11. The zero-order valence-corrected chi connectivity index (χ0v) is 7.93. The Morgan fingerprint density at radius 1 is 1.67 bits per heavy atom. The van der Waals surface area contributed by atoms with E-state index in [1.807, 2.05) is 13.8 Å². The van der Waals surface area contributed by atoms with E-state index in [0.29, 0.717) is 11.2 Å². The lowest BCUT2D eigenvalue weighted by molar-refractivity contribution is 0.198. The normalized spacial score (nSPS) is 11.9. The molecule has 5 nitrogen and oxygen atoms in total. The minimum absolute atomic E-state index is 0.119. The summed E-state index contributed by atoms with van der Waals surface area (Å²) < 4.78 is 2.08. The molecule has 0 spiro atoms. The van der Waals surface area contributed by atoms with E-state index in [4.69, 9.17) is 17.3 Å². The molecule has 0 saturated heterocycles. The standard InChI is InChI=1S/C6H12N4OS/c1-6(2,3-4-11)10-5(12)7-8-9-10/h11H,3-4H2,1-2H3,(H,7,9,12). The molecule has 2 N–H and O–H groups in total. The average Bonchev–Trinajstić information content (AvgIpc) is 2.35. The van der Waals surface area contributed by atoms with Crippen LogP contribution in [0, 0.1) is 4.77 Å². The molecular formula is C6H12N4OS. The Morgan fingerprint density at radius 3 is 2.75 bits per heavy atom. The Bertz CT molecular complexity index is 302. The van der Waals surface area contributed by atoms with Crippen LogP contribution < -0.4 is 0 Å². The maximum absolute atomic E-state index is 8.79. The SMILES string of the molecule is CC(C)(CCO)n1[nH]nnc1=S. The van der Waals surface area contributed by atoms with Gasteiger partial charge in [-0.15, -0.1) is 0 Å². The van der Waals surface area contributed by atoms with Crippen LogP contribution in [0.4, 0.5) is 0 Å². The molecular weight excluding hydrogens is 176 g/mol. The average molecular weight is 188 g/mol. The van der Waals surface area contributed by atoms with Gasteiger partial charge in [0.2, 0.25) is 4.77 Å². The molecule has 0 fully saturated rings. The van der Waals surface area contributed by atoms with Crippen molar-refractivity contribution >= 4 is 12.2 Å². The smallest absolute Gasteiger partial charge is 0.238 e. The molecule has 0 amide bonds. The van der Waals surface area contributed by atoms with Gasteiger partial charge in [-0.05, 0) is 32.5 Å². The van der Waals surface area contributed by atoms with Crippen molar-refractivity contribution in [1.29, 1.82) is 0 Å². The molecule has 0 saturated carbocycles. The van der Waals surface area contributed by atoms with Crippen molar-refractivity contribution in [3.05, 3.63) is 4.77 Å². The molecule has 0 aliphatic rings. The monoisotopic (exact) mass is 188 g/mol. The van der Waals surface area contributed by atoms with E-state index < -0.39 is 0 Å². The van der Waals surface area contributed by atoms with E-state index in [0.717, 1.165) is 0 Å². The Balaban J connectivity index is 2.96. The van der Waals surface area contributed by atoms with Crippen LogP contribution in [0.1, 0.15) is 20.3 Å². The van der Waals surface area contributed by atoms with Gasteiger partial charge in [0.05, 0.1) is 5.54 Å². The van der Waals surface area contributed by atoms with Crippen LogP contribution in [-0.4, -0.2) is 31.9 Å². The third kappa shape index (κ3) is 1.70. The Kier molecular flexibility index (Phi) is 2.58.